The third-order valence-electron chi connectivity index (χ3n) is 4.41. The highest BCUT2D eigenvalue weighted by molar-refractivity contribution is 6.08. The summed E-state index contributed by atoms with van der Waals surface area (Å²) in [5, 5.41) is 0. The Bertz CT molecular complexity index is 716. The van der Waals surface area contributed by atoms with Crippen molar-refractivity contribution in [1.82, 2.24) is 9.97 Å². The molecule has 0 atom stereocenters. The molecule has 0 aliphatic heterocycles. The molecule has 0 saturated carbocycles. The average Bonchev–Trinajstić information content (AvgIpc) is 3.24. The van der Waals surface area contributed by atoms with Crippen LogP contribution in [-0.4, -0.2) is 17.8 Å². The van der Waals surface area contributed by atoms with E-state index in [0.29, 0.717) is 5.92 Å². The Morgan fingerprint density at radius 3 is 2.00 bits per heavy atom. The number of imidazole rings is 1. The van der Waals surface area contributed by atoms with Crippen LogP contribution in [0.4, 0.5) is 0 Å². The second kappa shape index (κ2) is 11.1. The van der Waals surface area contributed by atoms with Gasteiger partial charge < -0.3 is 4.98 Å². The predicted molar refractivity (Wildman–Crippen MR) is 112 cm³/mol. The first-order chi connectivity index (χ1) is 12.7. The lowest BCUT2D eigenvalue weighted by molar-refractivity contribution is 0.811. The highest BCUT2D eigenvalue weighted by atomic mass is 14.8. The molecule has 132 valence electrons. The van der Waals surface area contributed by atoms with E-state index in [2.05, 4.69) is 84.5 Å². The molecule has 0 spiro atoms. The van der Waals surface area contributed by atoms with Crippen LogP contribution in [0, 0.1) is 13.8 Å². The summed E-state index contributed by atoms with van der Waals surface area (Å²) in [4.78, 5) is 6.42. The number of nitrogens with one attached hydrogen (secondary N) is 1. The van der Waals surface area contributed by atoms with Crippen molar-refractivity contribution in [1.29, 1.82) is 0 Å². The molecule has 0 amide bonds. The number of nitrogens with zero attached hydrogens (tertiary/aromatic N) is 1. The van der Waals surface area contributed by atoms with Gasteiger partial charge in [0, 0.05) is 18.3 Å². The van der Waals surface area contributed by atoms with E-state index in [-0.39, 0.29) is 0 Å². The van der Waals surface area contributed by atoms with Gasteiger partial charge in [-0.25, -0.2) is 4.98 Å². The lowest BCUT2D eigenvalue weighted by Crippen LogP contribution is -2.04. The van der Waals surface area contributed by atoms with Crippen molar-refractivity contribution in [3.8, 4) is 0 Å². The Morgan fingerprint density at radius 2 is 1.58 bits per heavy atom. The lowest BCUT2D eigenvalue weighted by Gasteiger charge is -2.20. The van der Waals surface area contributed by atoms with E-state index >= 15 is 0 Å². The molecule has 0 fully saturated rings. The van der Waals surface area contributed by atoms with Crippen molar-refractivity contribution in [2.75, 3.05) is 0 Å². The Morgan fingerprint density at radius 1 is 0.962 bits per heavy atom. The molecule has 2 aromatic carbocycles. The number of allylic oxidation sites excluding steroid dienone is 2. The third kappa shape index (κ3) is 6.07. The van der Waals surface area contributed by atoms with Crippen LogP contribution in [0.1, 0.15) is 41.0 Å². The number of H-pyrrole nitrogens is 1. The number of rotatable bonds is 6. The Labute approximate surface area is 158 Å². The molecule has 26 heavy (non-hydrogen) atoms. The van der Waals surface area contributed by atoms with Crippen LogP contribution in [-0.2, 0) is 0 Å². The van der Waals surface area contributed by atoms with Gasteiger partial charge in [0.25, 0.3) is 0 Å². The number of hydrogen-bond donors (Lipinski definition) is 1. The fourth-order valence-corrected chi connectivity index (χ4v) is 3.04. The second-order valence-electron chi connectivity index (χ2n) is 6.31. The van der Waals surface area contributed by atoms with Crippen LogP contribution >= 0.6 is 0 Å². The van der Waals surface area contributed by atoms with Gasteiger partial charge in [0.2, 0.25) is 0 Å². The Hall–Kier alpha value is -2.55. The first-order valence-electron chi connectivity index (χ1n) is 9.13. The smallest absolute Gasteiger partial charge is 0.0919 e. The van der Waals surface area contributed by atoms with Crippen LogP contribution in [0.25, 0.3) is 0 Å². The van der Waals surface area contributed by atoms with E-state index in [0.717, 1.165) is 19.2 Å². The van der Waals surface area contributed by atoms with Gasteiger partial charge in [-0.1, -0.05) is 67.0 Å². The summed E-state index contributed by atoms with van der Waals surface area (Å²) in [6, 6.07) is 17.4. The van der Waals surface area contributed by atoms with Crippen LogP contribution < -0.4 is 0 Å². The van der Waals surface area contributed by atoms with E-state index in [9.17, 15) is 0 Å². The second-order valence-corrected chi connectivity index (χ2v) is 6.31. The molecule has 0 aliphatic carbocycles. The number of aryl methyl sites for hydroxylation is 2. The monoisotopic (exact) mass is 342 g/mol. The van der Waals surface area contributed by atoms with Crippen molar-refractivity contribution in [3.05, 3.63) is 102 Å². The molecule has 0 saturated heterocycles. The SMILES string of the molecule is [B]CCC=CCC(c1ccccc1C)c1ccccc1C.c1c[nH]cn1. The van der Waals surface area contributed by atoms with E-state index in [1.165, 1.54) is 22.3 Å². The molecule has 2 nitrogen and oxygen atoms in total. The minimum atomic E-state index is 0.418. The number of aromatic nitrogens is 2. The molecular formula is C23H27BN2. The standard InChI is InChI=1S/C20H23B.C3H4N2/c1-16-10-5-7-12-18(16)20(14-4-3-9-15-21)19-13-8-6-11-17(19)2;1-2-5-3-4-1/h3-8,10-13,20H,9,14-15H2,1-2H3;1-3H,(H,4,5). The highest BCUT2D eigenvalue weighted by Crippen LogP contribution is 2.32. The summed E-state index contributed by atoms with van der Waals surface area (Å²) in [5.74, 6) is 0.418. The van der Waals surface area contributed by atoms with Crippen molar-refractivity contribution in [2.24, 2.45) is 0 Å². The Balaban J connectivity index is 0.000000417. The maximum atomic E-state index is 5.56. The zero-order valence-corrected chi connectivity index (χ0v) is 15.7. The molecule has 3 heteroatoms. The van der Waals surface area contributed by atoms with Gasteiger partial charge in [-0.15, -0.1) is 0 Å². The molecule has 3 rings (SSSR count). The highest BCUT2D eigenvalue weighted by Gasteiger charge is 2.16. The molecule has 1 N–H and O–H groups in total. The minimum absolute atomic E-state index is 0.418. The number of hydrogen-bond acceptors (Lipinski definition) is 1. The third-order valence-corrected chi connectivity index (χ3v) is 4.41. The van der Waals surface area contributed by atoms with Gasteiger partial charge in [-0.3, -0.25) is 0 Å². The number of aromatic amines is 1. The first kappa shape index (κ1) is 19.8. The van der Waals surface area contributed by atoms with Crippen LogP contribution in [0.2, 0.25) is 6.32 Å². The van der Waals surface area contributed by atoms with Gasteiger partial charge in [0.15, 0.2) is 0 Å². The summed E-state index contributed by atoms with van der Waals surface area (Å²) in [6.45, 7) is 4.40. The molecule has 2 radical (unpaired) electrons. The lowest BCUT2D eigenvalue weighted by atomic mass is 9.84. The quantitative estimate of drug-likeness (QED) is 0.447. The topological polar surface area (TPSA) is 28.7 Å². The Kier molecular flexibility index (Phi) is 8.48. The zero-order valence-electron chi connectivity index (χ0n) is 15.7. The summed E-state index contributed by atoms with van der Waals surface area (Å²) >= 11 is 0. The van der Waals surface area contributed by atoms with Crippen molar-refractivity contribution >= 4 is 7.85 Å². The summed E-state index contributed by atoms with van der Waals surface area (Å²) < 4.78 is 0. The van der Waals surface area contributed by atoms with E-state index in [1.807, 2.05) is 0 Å². The van der Waals surface area contributed by atoms with Gasteiger partial charge in [-0.05, 0) is 48.9 Å². The molecule has 0 unspecified atom stereocenters. The molecule has 0 bridgehead atoms. The summed E-state index contributed by atoms with van der Waals surface area (Å²) in [5.41, 5.74) is 5.56. The first-order valence-corrected chi connectivity index (χ1v) is 9.13. The average molecular weight is 342 g/mol. The van der Waals surface area contributed by atoms with Gasteiger partial charge in [0.1, 0.15) is 0 Å². The van der Waals surface area contributed by atoms with E-state index in [4.69, 9.17) is 7.85 Å². The van der Waals surface area contributed by atoms with Gasteiger partial charge in [-0.2, -0.15) is 0 Å². The molecule has 3 aromatic rings. The number of benzene rings is 2. The maximum Gasteiger partial charge on any atom is 0.0919 e. The van der Waals surface area contributed by atoms with E-state index in [1.54, 1.807) is 18.7 Å². The van der Waals surface area contributed by atoms with Crippen LogP contribution in [0.3, 0.4) is 0 Å². The normalized spacial score (nSPS) is 10.7. The van der Waals surface area contributed by atoms with Crippen molar-refractivity contribution in [3.63, 3.8) is 0 Å². The molecule has 1 aromatic heterocycles. The van der Waals surface area contributed by atoms with Crippen molar-refractivity contribution < 1.29 is 0 Å². The van der Waals surface area contributed by atoms with Crippen LogP contribution in [0.5, 0.6) is 0 Å². The van der Waals surface area contributed by atoms with E-state index < -0.39 is 0 Å². The molecular weight excluding hydrogens is 315 g/mol. The summed E-state index contributed by atoms with van der Waals surface area (Å²) in [7, 11) is 5.56. The van der Waals surface area contributed by atoms with Gasteiger partial charge >= 0.3 is 0 Å². The fourth-order valence-electron chi connectivity index (χ4n) is 3.04. The van der Waals surface area contributed by atoms with Gasteiger partial charge in [0.05, 0.1) is 14.2 Å². The fraction of sp³-hybridized carbons (Fsp3) is 0.261. The zero-order chi connectivity index (χ0) is 18.6. The molecule has 0 aliphatic rings. The predicted octanol–water partition coefficient (Wildman–Crippen LogP) is 5.77. The minimum Gasteiger partial charge on any atom is -0.351 e. The summed E-state index contributed by atoms with van der Waals surface area (Å²) in [6.07, 6.45) is 12.2. The van der Waals surface area contributed by atoms with Crippen molar-refractivity contribution in [2.45, 2.75) is 38.9 Å². The molecule has 1 heterocycles. The maximum absolute atomic E-state index is 5.56. The largest absolute Gasteiger partial charge is 0.351 e. The van der Waals surface area contributed by atoms with Crippen LogP contribution in [0.15, 0.2) is 79.4 Å².